The maximum absolute atomic E-state index is 12.9. The molecule has 1 unspecified atom stereocenters. The number of allylic oxidation sites excluding steroid dienone is 16. The molecule has 472 valence electrons. The first-order valence-electron chi connectivity index (χ1n) is 35.2. The third kappa shape index (κ3) is 67.1. The SMILES string of the molecule is CC/C=C\C/C=C\C/C=C\C/C=C\C/C=C\C/C=C\C/C=C\C/C=C\CCCCCCCCCCCCC(=O)OCC(COC(=O)CCCCCCCCCCCC)OC(=O)CCCCCCCCCCCCCCCCCCCCC. The summed E-state index contributed by atoms with van der Waals surface area (Å²) >= 11 is 0. The van der Waals surface area contributed by atoms with Gasteiger partial charge in [-0.1, -0.05) is 343 Å². The van der Waals surface area contributed by atoms with Gasteiger partial charge in [-0.15, -0.1) is 0 Å². The molecule has 0 aromatic carbocycles. The first-order chi connectivity index (χ1) is 40.5. The van der Waals surface area contributed by atoms with Crippen LogP contribution in [0.2, 0.25) is 0 Å². The van der Waals surface area contributed by atoms with Crippen molar-refractivity contribution in [3.8, 4) is 0 Å². The summed E-state index contributed by atoms with van der Waals surface area (Å²) < 4.78 is 16.9. The lowest BCUT2D eigenvalue weighted by molar-refractivity contribution is -0.167. The molecule has 82 heavy (non-hydrogen) atoms. The van der Waals surface area contributed by atoms with Crippen LogP contribution in [0.5, 0.6) is 0 Å². The first kappa shape index (κ1) is 78.3. The van der Waals surface area contributed by atoms with Crippen LogP contribution in [0.4, 0.5) is 0 Å². The van der Waals surface area contributed by atoms with E-state index in [1.54, 1.807) is 0 Å². The van der Waals surface area contributed by atoms with Crippen molar-refractivity contribution in [2.75, 3.05) is 13.2 Å². The van der Waals surface area contributed by atoms with Crippen molar-refractivity contribution in [2.45, 2.75) is 354 Å². The maximum Gasteiger partial charge on any atom is 0.306 e. The number of esters is 3. The molecule has 0 spiro atoms. The van der Waals surface area contributed by atoms with Crippen LogP contribution in [0, 0.1) is 0 Å². The summed E-state index contributed by atoms with van der Waals surface area (Å²) in [5.74, 6) is -0.860. The number of carbonyl (C=O) groups is 3. The highest BCUT2D eigenvalue weighted by Crippen LogP contribution is 2.18. The van der Waals surface area contributed by atoms with Gasteiger partial charge in [0.25, 0.3) is 0 Å². The van der Waals surface area contributed by atoms with Crippen molar-refractivity contribution in [2.24, 2.45) is 0 Å². The van der Waals surface area contributed by atoms with Crippen LogP contribution in [0.25, 0.3) is 0 Å². The number of hydrogen-bond acceptors (Lipinski definition) is 6. The number of rotatable bonds is 64. The molecule has 6 nitrogen and oxygen atoms in total. The normalized spacial score (nSPS) is 12.7. The van der Waals surface area contributed by atoms with Gasteiger partial charge in [0.05, 0.1) is 0 Å². The van der Waals surface area contributed by atoms with E-state index in [2.05, 4.69) is 118 Å². The molecule has 6 heteroatoms. The zero-order valence-corrected chi connectivity index (χ0v) is 54.2. The summed E-state index contributed by atoms with van der Waals surface area (Å²) in [4.78, 5) is 38.3. The van der Waals surface area contributed by atoms with E-state index >= 15 is 0 Å². The molecule has 0 rings (SSSR count). The fourth-order valence-corrected chi connectivity index (χ4v) is 10.1. The van der Waals surface area contributed by atoms with Crippen LogP contribution in [-0.2, 0) is 28.6 Å². The Labute approximate surface area is 508 Å². The van der Waals surface area contributed by atoms with E-state index in [-0.39, 0.29) is 31.1 Å². The van der Waals surface area contributed by atoms with Gasteiger partial charge < -0.3 is 14.2 Å². The lowest BCUT2D eigenvalue weighted by Crippen LogP contribution is -2.30. The summed E-state index contributed by atoms with van der Waals surface area (Å²) in [7, 11) is 0. The highest BCUT2D eigenvalue weighted by molar-refractivity contribution is 5.71. The van der Waals surface area contributed by atoms with E-state index in [9.17, 15) is 14.4 Å². The lowest BCUT2D eigenvalue weighted by Gasteiger charge is -2.18. The molecule has 0 bridgehead atoms. The summed E-state index contributed by atoms with van der Waals surface area (Å²) in [6, 6.07) is 0. The number of ether oxygens (including phenoxy) is 3. The van der Waals surface area contributed by atoms with Crippen molar-refractivity contribution < 1.29 is 28.6 Å². The second-order valence-corrected chi connectivity index (χ2v) is 23.4. The lowest BCUT2D eigenvalue weighted by atomic mass is 10.0. The molecule has 0 radical (unpaired) electrons. The van der Waals surface area contributed by atoms with Gasteiger partial charge in [0.2, 0.25) is 0 Å². The molecule has 0 heterocycles. The zero-order chi connectivity index (χ0) is 59.2. The van der Waals surface area contributed by atoms with E-state index in [0.29, 0.717) is 19.3 Å². The molecule has 0 aromatic rings. The summed E-state index contributed by atoms with van der Waals surface area (Å²) in [5, 5.41) is 0. The topological polar surface area (TPSA) is 78.9 Å². The van der Waals surface area contributed by atoms with Crippen LogP contribution in [-0.4, -0.2) is 37.2 Å². The fourth-order valence-electron chi connectivity index (χ4n) is 10.1. The Morgan fingerprint density at radius 1 is 0.256 bits per heavy atom. The second kappa shape index (κ2) is 69.8. The van der Waals surface area contributed by atoms with Crippen molar-refractivity contribution >= 4 is 17.9 Å². The molecule has 0 saturated carbocycles. The van der Waals surface area contributed by atoms with Crippen molar-refractivity contribution in [3.63, 3.8) is 0 Å². The van der Waals surface area contributed by atoms with Crippen LogP contribution >= 0.6 is 0 Å². The van der Waals surface area contributed by atoms with Gasteiger partial charge in [0.1, 0.15) is 13.2 Å². The number of unbranched alkanes of at least 4 members (excludes halogenated alkanes) is 37. The van der Waals surface area contributed by atoms with Crippen molar-refractivity contribution in [1.29, 1.82) is 0 Å². The molecule has 1 atom stereocenters. The van der Waals surface area contributed by atoms with Gasteiger partial charge in [0.15, 0.2) is 6.10 Å². The molecular weight excluding hydrogens is 1010 g/mol. The highest BCUT2D eigenvalue weighted by Gasteiger charge is 2.19. The highest BCUT2D eigenvalue weighted by atomic mass is 16.6. The van der Waals surface area contributed by atoms with Gasteiger partial charge in [-0.2, -0.15) is 0 Å². The summed E-state index contributed by atoms with van der Waals surface area (Å²) in [6.07, 6.45) is 94.4. The molecule has 0 aromatic heterocycles. The van der Waals surface area contributed by atoms with Gasteiger partial charge in [-0.25, -0.2) is 0 Å². The van der Waals surface area contributed by atoms with Gasteiger partial charge in [-0.05, 0) is 83.5 Å². The second-order valence-electron chi connectivity index (χ2n) is 23.4. The Kier molecular flexibility index (Phi) is 66.7. The van der Waals surface area contributed by atoms with Crippen molar-refractivity contribution in [1.82, 2.24) is 0 Å². The molecule has 0 amide bonds. The molecule has 0 fully saturated rings. The van der Waals surface area contributed by atoms with Crippen LogP contribution in [0.3, 0.4) is 0 Å². The predicted molar refractivity (Wildman–Crippen MR) is 357 cm³/mol. The monoisotopic (exact) mass is 1140 g/mol. The minimum absolute atomic E-state index is 0.0724. The minimum atomic E-state index is -0.775. The van der Waals surface area contributed by atoms with Crippen LogP contribution in [0.15, 0.2) is 97.2 Å². The molecule has 0 N–H and O–H groups in total. The Hall–Kier alpha value is -3.67. The maximum atomic E-state index is 12.9. The average Bonchev–Trinajstić information content (AvgIpc) is 3.48. The van der Waals surface area contributed by atoms with Crippen molar-refractivity contribution in [3.05, 3.63) is 97.2 Å². The van der Waals surface area contributed by atoms with E-state index < -0.39 is 6.10 Å². The Morgan fingerprint density at radius 3 is 0.744 bits per heavy atom. The fraction of sp³-hybridized carbons (Fsp3) is 0.750. The number of hydrogen-bond donors (Lipinski definition) is 0. The Morgan fingerprint density at radius 2 is 0.476 bits per heavy atom. The standard InChI is InChI=1S/C76H132O6/c1-4-7-10-13-16-19-22-24-26-28-30-31-32-33-34-35-36-37-38-39-40-41-42-43-44-45-47-48-50-52-54-57-60-63-66-69-75(78)81-72-73(71-80-74(77)68-65-62-59-56-21-18-15-12-9-6-3)82-76(79)70-67-64-61-58-55-53-51-49-46-29-27-25-23-20-17-14-11-8-5-2/h7,10,16,19,24,26,30-31,33-34,36-37,39-40,42-43,73H,4-6,8-9,11-15,17-18,20-23,25,27-29,32,35,38,41,44-72H2,1-3H3/b10-7-,19-16-,26-24-,31-30-,34-33-,37-36-,40-39-,43-42-. The average molecular weight is 1140 g/mol. The number of carbonyl (C=O) groups excluding carboxylic acids is 3. The Bertz CT molecular complexity index is 1590. The van der Waals surface area contributed by atoms with E-state index in [1.165, 1.54) is 199 Å². The molecule has 0 aliphatic heterocycles. The quantitative estimate of drug-likeness (QED) is 0.0261. The minimum Gasteiger partial charge on any atom is -0.462 e. The smallest absolute Gasteiger partial charge is 0.306 e. The third-order valence-electron chi connectivity index (χ3n) is 15.4. The molecule has 0 aliphatic carbocycles. The molecular formula is C76H132O6. The molecule has 0 saturated heterocycles. The van der Waals surface area contributed by atoms with Gasteiger partial charge in [-0.3, -0.25) is 14.4 Å². The van der Waals surface area contributed by atoms with Gasteiger partial charge >= 0.3 is 17.9 Å². The molecule has 0 aliphatic rings. The van der Waals surface area contributed by atoms with E-state index in [1.807, 2.05) is 0 Å². The Balaban J connectivity index is 4.16. The van der Waals surface area contributed by atoms with Gasteiger partial charge in [0, 0.05) is 19.3 Å². The predicted octanol–water partition coefficient (Wildman–Crippen LogP) is 24.4. The van der Waals surface area contributed by atoms with E-state index in [4.69, 9.17) is 14.2 Å². The third-order valence-corrected chi connectivity index (χ3v) is 15.4. The van der Waals surface area contributed by atoms with Crippen LogP contribution in [0.1, 0.15) is 348 Å². The van der Waals surface area contributed by atoms with Crippen LogP contribution < -0.4 is 0 Å². The first-order valence-corrected chi connectivity index (χ1v) is 35.2. The summed E-state index contributed by atoms with van der Waals surface area (Å²) in [5.41, 5.74) is 0. The van der Waals surface area contributed by atoms with E-state index in [0.717, 1.165) is 109 Å². The summed E-state index contributed by atoms with van der Waals surface area (Å²) in [6.45, 7) is 6.56. The largest absolute Gasteiger partial charge is 0.462 e. The zero-order valence-electron chi connectivity index (χ0n) is 54.2.